The number of rotatable bonds is 2. The van der Waals surface area contributed by atoms with Crippen LogP contribution in [0.4, 0.5) is 11.4 Å². The minimum atomic E-state index is 0.153. The Kier molecular flexibility index (Phi) is 4.51. The fraction of sp³-hybridized carbons (Fsp3) is 0.385. The van der Waals surface area contributed by atoms with Gasteiger partial charge in [0, 0.05) is 18.8 Å². The Balaban J connectivity index is 1.84. The topological polar surface area (TPSA) is 31.4 Å². The smallest absolute Gasteiger partial charge is 0.194 e. The number of nitriles is 1. The van der Waals surface area contributed by atoms with Crippen LogP contribution in [-0.2, 0) is 10.8 Å². The highest BCUT2D eigenvalue weighted by Crippen LogP contribution is 2.49. The third kappa shape index (κ3) is 3.32. The molecule has 0 saturated carbocycles. The lowest BCUT2D eigenvalue weighted by Crippen LogP contribution is -2.44. The van der Waals surface area contributed by atoms with Gasteiger partial charge >= 0.3 is 0 Å². The highest BCUT2D eigenvalue weighted by atomic mass is 15.2. The standard InChI is InChI=1S/C26H27N3/c1-25(2)10-12-29-13-11-26(3,4)22-16-18(15-21(25)24(22)29)6-8-20-14-19(17-27)7-9-23(20)28-5/h6-9,14-16H,10-13H2,1-4H3. The summed E-state index contributed by atoms with van der Waals surface area (Å²) in [5.41, 5.74) is 7.74. The van der Waals surface area contributed by atoms with Crippen LogP contribution in [-0.4, -0.2) is 13.1 Å². The first-order chi connectivity index (χ1) is 13.7. The zero-order valence-corrected chi connectivity index (χ0v) is 17.7. The van der Waals surface area contributed by atoms with Crippen molar-refractivity contribution in [3.05, 3.63) is 69.6 Å². The molecule has 4 rings (SSSR count). The van der Waals surface area contributed by atoms with Crippen molar-refractivity contribution in [2.24, 2.45) is 0 Å². The molecular weight excluding hydrogens is 354 g/mol. The monoisotopic (exact) mass is 381 g/mol. The molecular formula is C26H27N3. The van der Waals surface area contributed by atoms with E-state index in [1.807, 2.05) is 6.08 Å². The van der Waals surface area contributed by atoms with Gasteiger partial charge in [-0.25, -0.2) is 4.85 Å². The van der Waals surface area contributed by atoms with E-state index in [1.54, 1.807) is 18.2 Å². The Morgan fingerprint density at radius 2 is 1.62 bits per heavy atom. The number of anilines is 1. The van der Waals surface area contributed by atoms with Crippen molar-refractivity contribution in [1.29, 1.82) is 5.26 Å². The van der Waals surface area contributed by atoms with Gasteiger partial charge in [0.25, 0.3) is 0 Å². The molecule has 0 amide bonds. The van der Waals surface area contributed by atoms with E-state index in [9.17, 15) is 5.26 Å². The molecule has 3 heteroatoms. The Hall–Kier alpha value is -3.04. The van der Waals surface area contributed by atoms with Crippen molar-refractivity contribution in [1.82, 2.24) is 0 Å². The van der Waals surface area contributed by atoms with E-state index in [-0.39, 0.29) is 10.8 Å². The Morgan fingerprint density at radius 3 is 2.17 bits per heavy atom. The quantitative estimate of drug-likeness (QED) is 0.442. The molecule has 0 radical (unpaired) electrons. The summed E-state index contributed by atoms with van der Waals surface area (Å²) < 4.78 is 0. The maximum absolute atomic E-state index is 9.20. The summed E-state index contributed by atoms with van der Waals surface area (Å²) in [6.45, 7) is 19.1. The van der Waals surface area contributed by atoms with Crippen LogP contribution in [0.1, 0.15) is 68.4 Å². The number of hydrogen-bond acceptors (Lipinski definition) is 2. The summed E-state index contributed by atoms with van der Waals surface area (Å²) in [5.74, 6) is 0. The molecule has 0 atom stereocenters. The van der Waals surface area contributed by atoms with Crippen LogP contribution < -0.4 is 4.90 Å². The Bertz CT molecular complexity index is 1050. The summed E-state index contributed by atoms with van der Waals surface area (Å²) in [4.78, 5) is 6.18. The Morgan fingerprint density at radius 1 is 1.00 bits per heavy atom. The van der Waals surface area contributed by atoms with E-state index in [0.717, 1.165) is 18.7 Å². The molecule has 0 saturated heterocycles. The summed E-state index contributed by atoms with van der Waals surface area (Å²) in [5, 5.41) is 9.20. The molecule has 146 valence electrons. The van der Waals surface area contributed by atoms with Crippen LogP contribution in [0.15, 0.2) is 30.3 Å². The molecule has 0 unspecified atom stereocenters. The highest BCUT2D eigenvalue weighted by Gasteiger charge is 2.39. The fourth-order valence-corrected chi connectivity index (χ4v) is 4.60. The molecule has 0 bridgehead atoms. The lowest BCUT2D eigenvalue weighted by atomic mass is 9.69. The second kappa shape index (κ2) is 6.78. The van der Waals surface area contributed by atoms with Gasteiger partial charge in [-0.05, 0) is 64.1 Å². The maximum atomic E-state index is 9.20. The SMILES string of the molecule is [C-]#[N+]c1ccc(C#N)cc1C=Cc1cc2c3c(c1)C(C)(C)CCN3CCC2(C)C. The average Bonchev–Trinajstić information content (AvgIpc) is 2.70. The lowest BCUT2D eigenvalue weighted by molar-refractivity contribution is 0.401. The third-order valence-electron chi connectivity index (χ3n) is 6.65. The van der Waals surface area contributed by atoms with Gasteiger partial charge in [-0.2, -0.15) is 5.26 Å². The van der Waals surface area contributed by atoms with Gasteiger partial charge in [0.05, 0.1) is 18.2 Å². The van der Waals surface area contributed by atoms with E-state index in [0.29, 0.717) is 11.3 Å². The number of benzene rings is 2. The normalized spacial score (nSPS) is 18.8. The van der Waals surface area contributed by atoms with Crippen LogP contribution in [0, 0.1) is 17.9 Å². The molecule has 2 aromatic rings. The summed E-state index contributed by atoms with van der Waals surface area (Å²) in [6, 6.07) is 12.0. The molecule has 29 heavy (non-hydrogen) atoms. The predicted octanol–water partition coefficient (Wildman–Crippen LogP) is 6.45. The molecule has 2 aromatic carbocycles. The van der Waals surface area contributed by atoms with Crippen LogP contribution in [0.25, 0.3) is 17.0 Å². The summed E-state index contributed by atoms with van der Waals surface area (Å²) in [6.07, 6.45) is 6.41. The lowest BCUT2D eigenvalue weighted by Gasteiger charge is -2.48. The van der Waals surface area contributed by atoms with Gasteiger partial charge in [-0.1, -0.05) is 52.0 Å². The first-order valence-electron chi connectivity index (χ1n) is 10.3. The zero-order chi connectivity index (χ0) is 20.8. The van der Waals surface area contributed by atoms with Crippen LogP contribution in [0.5, 0.6) is 0 Å². The molecule has 0 N–H and O–H groups in total. The van der Waals surface area contributed by atoms with Gasteiger partial charge in [0.15, 0.2) is 5.69 Å². The van der Waals surface area contributed by atoms with E-state index < -0.39 is 0 Å². The Labute approximate surface area is 174 Å². The predicted molar refractivity (Wildman–Crippen MR) is 120 cm³/mol. The average molecular weight is 382 g/mol. The van der Waals surface area contributed by atoms with Gasteiger partial charge in [0.2, 0.25) is 0 Å². The van der Waals surface area contributed by atoms with E-state index >= 15 is 0 Å². The molecule has 0 aromatic heterocycles. The first kappa shape index (κ1) is 19.3. The number of nitrogens with zero attached hydrogens (tertiary/aromatic N) is 3. The van der Waals surface area contributed by atoms with Gasteiger partial charge < -0.3 is 4.90 Å². The van der Waals surface area contributed by atoms with Crippen LogP contribution in [0.3, 0.4) is 0 Å². The van der Waals surface area contributed by atoms with E-state index in [4.69, 9.17) is 6.57 Å². The molecule has 3 nitrogen and oxygen atoms in total. The summed E-state index contributed by atoms with van der Waals surface area (Å²) in [7, 11) is 0. The van der Waals surface area contributed by atoms with Gasteiger partial charge in [0.1, 0.15) is 0 Å². The van der Waals surface area contributed by atoms with Crippen molar-refractivity contribution in [2.45, 2.75) is 51.4 Å². The minimum absolute atomic E-state index is 0.153. The van der Waals surface area contributed by atoms with Crippen molar-refractivity contribution in [2.75, 3.05) is 18.0 Å². The summed E-state index contributed by atoms with van der Waals surface area (Å²) >= 11 is 0. The first-order valence-corrected chi connectivity index (χ1v) is 10.3. The van der Waals surface area contributed by atoms with Crippen molar-refractivity contribution in [3.63, 3.8) is 0 Å². The van der Waals surface area contributed by atoms with Crippen LogP contribution in [0.2, 0.25) is 0 Å². The highest BCUT2D eigenvalue weighted by molar-refractivity contribution is 5.80. The second-order valence-corrected chi connectivity index (χ2v) is 9.55. The molecule has 2 heterocycles. The molecule has 0 spiro atoms. The van der Waals surface area contributed by atoms with Crippen molar-refractivity contribution in [3.8, 4) is 6.07 Å². The second-order valence-electron chi connectivity index (χ2n) is 9.55. The van der Waals surface area contributed by atoms with E-state index in [2.05, 4.69) is 61.7 Å². The minimum Gasteiger partial charge on any atom is -0.371 e. The molecule has 0 aliphatic carbocycles. The van der Waals surface area contributed by atoms with Crippen molar-refractivity contribution < 1.29 is 0 Å². The van der Waals surface area contributed by atoms with Gasteiger partial charge in [-0.15, -0.1) is 0 Å². The molecule has 2 aliphatic heterocycles. The number of hydrogen-bond donors (Lipinski definition) is 0. The van der Waals surface area contributed by atoms with Gasteiger partial charge in [-0.3, -0.25) is 0 Å². The van der Waals surface area contributed by atoms with E-state index in [1.165, 1.54) is 35.2 Å². The van der Waals surface area contributed by atoms with Crippen LogP contribution >= 0.6 is 0 Å². The molecule has 0 fully saturated rings. The zero-order valence-electron chi connectivity index (χ0n) is 17.7. The van der Waals surface area contributed by atoms with Crippen molar-refractivity contribution >= 4 is 23.5 Å². The third-order valence-corrected chi connectivity index (χ3v) is 6.65. The fourth-order valence-electron chi connectivity index (χ4n) is 4.60. The maximum Gasteiger partial charge on any atom is 0.194 e. The largest absolute Gasteiger partial charge is 0.371 e. The molecule has 2 aliphatic rings.